The van der Waals surface area contributed by atoms with Crippen LogP contribution < -0.4 is 10.1 Å². The minimum Gasteiger partial charge on any atom is -0.495 e. The summed E-state index contributed by atoms with van der Waals surface area (Å²) in [6, 6.07) is 12.0. The second kappa shape index (κ2) is 5.54. The van der Waals surface area contributed by atoms with Crippen LogP contribution in [0.25, 0.3) is 5.52 Å². The van der Waals surface area contributed by atoms with Crippen molar-refractivity contribution in [2.45, 2.75) is 6.54 Å². The van der Waals surface area contributed by atoms with Crippen LogP contribution in [0.2, 0.25) is 0 Å². The number of methoxy groups -OCH3 is 1. The van der Waals surface area contributed by atoms with E-state index in [9.17, 15) is 0 Å². The lowest BCUT2D eigenvalue weighted by molar-refractivity contribution is 0.412. The van der Waals surface area contributed by atoms with E-state index in [0.717, 1.165) is 33.5 Å². The highest BCUT2D eigenvalue weighted by molar-refractivity contribution is 9.10. The van der Waals surface area contributed by atoms with Gasteiger partial charge < -0.3 is 10.1 Å². The molecule has 102 valence electrons. The van der Waals surface area contributed by atoms with Crippen molar-refractivity contribution in [3.63, 3.8) is 0 Å². The highest BCUT2D eigenvalue weighted by atomic mass is 79.9. The van der Waals surface area contributed by atoms with Gasteiger partial charge in [0.1, 0.15) is 5.75 Å². The van der Waals surface area contributed by atoms with Crippen LogP contribution in [0.3, 0.4) is 0 Å². The van der Waals surface area contributed by atoms with Gasteiger partial charge in [0.15, 0.2) is 0 Å². The molecule has 0 aliphatic rings. The van der Waals surface area contributed by atoms with Crippen molar-refractivity contribution < 1.29 is 4.74 Å². The molecule has 0 radical (unpaired) electrons. The summed E-state index contributed by atoms with van der Waals surface area (Å²) in [7, 11) is 1.66. The average Bonchev–Trinajstić information content (AvgIpc) is 2.90. The van der Waals surface area contributed by atoms with Crippen molar-refractivity contribution in [1.29, 1.82) is 0 Å². The number of fused-ring (bicyclic) bond motifs is 1. The first-order valence-corrected chi connectivity index (χ1v) is 7.06. The van der Waals surface area contributed by atoms with Gasteiger partial charge in [0, 0.05) is 30.1 Å². The summed E-state index contributed by atoms with van der Waals surface area (Å²) in [6.45, 7) is 0.721. The second-order valence-corrected chi connectivity index (χ2v) is 5.26. The fourth-order valence-electron chi connectivity index (χ4n) is 2.09. The van der Waals surface area contributed by atoms with Crippen LogP contribution in [0.5, 0.6) is 5.75 Å². The third-order valence-electron chi connectivity index (χ3n) is 3.14. The van der Waals surface area contributed by atoms with E-state index < -0.39 is 0 Å². The molecule has 3 rings (SSSR count). The Morgan fingerprint density at radius 1 is 1.30 bits per heavy atom. The molecule has 0 aliphatic heterocycles. The maximum Gasteiger partial charge on any atom is 0.135 e. The van der Waals surface area contributed by atoms with Gasteiger partial charge in [-0.3, -0.25) is 0 Å². The molecule has 0 fully saturated rings. The normalized spacial score (nSPS) is 10.7. The molecule has 2 heterocycles. The van der Waals surface area contributed by atoms with Gasteiger partial charge >= 0.3 is 0 Å². The number of hydrogen-bond donors (Lipinski definition) is 1. The number of nitrogens with one attached hydrogen (secondary N) is 1. The lowest BCUT2D eigenvalue weighted by Gasteiger charge is -2.09. The van der Waals surface area contributed by atoms with E-state index in [1.807, 2.05) is 47.2 Å². The summed E-state index contributed by atoms with van der Waals surface area (Å²) in [5.74, 6) is 0.815. The molecule has 3 aromatic rings. The molecule has 0 spiro atoms. The number of ether oxygens (including phenoxy) is 1. The minimum atomic E-state index is 0.721. The van der Waals surface area contributed by atoms with E-state index in [0.29, 0.717) is 0 Å². The number of aromatic nitrogens is 2. The van der Waals surface area contributed by atoms with Crippen LogP contribution in [-0.4, -0.2) is 16.7 Å². The lowest BCUT2D eigenvalue weighted by atomic mass is 10.2. The molecule has 4 nitrogen and oxygen atoms in total. The van der Waals surface area contributed by atoms with Gasteiger partial charge in [0.2, 0.25) is 0 Å². The third kappa shape index (κ3) is 2.49. The number of rotatable bonds is 4. The first-order chi connectivity index (χ1) is 9.78. The molecular formula is C15H14BrN3O. The van der Waals surface area contributed by atoms with E-state index in [2.05, 4.69) is 32.4 Å². The first kappa shape index (κ1) is 13.0. The van der Waals surface area contributed by atoms with E-state index >= 15 is 0 Å². The number of nitrogens with zero attached hydrogens (tertiary/aromatic N) is 2. The van der Waals surface area contributed by atoms with Crippen molar-refractivity contribution in [2.75, 3.05) is 12.4 Å². The van der Waals surface area contributed by atoms with Crippen LogP contribution in [0.15, 0.2) is 53.3 Å². The number of benzene rings is 1. The molecule has 5 heteroatoms. The van der Waals surface area contributed by atoms with Gasteiger partial charge in [0.25, 0.3) is 0 Å². The molecule has 0 atom stereocenters. The molecule has 0 saturated heterocycles. The first-order valence-electron chi connectivity index (χ1n) is 6.26. The molecule has 1 aromatic carbocycles. The van der Waals surface area contributed by atoms with Crippen LogP contribution in [0.1, 0.15) is 5.56 Å². The van der Waals surface area contributed by atoms with Gasteiger partial charge in [-0.05, 0) is 40.2 Å². The molecule has 0 saturated carbocycles. The Labute approximate surface area is 125 Å². The Kier molecular flexibility index (Phi) is 3.60. The smallest absolute Gasteiger partial charge is 0.135 e. The third-order valence-corrected chi connectivity index (χ3v) is 3.80. The number of pyridine rings is 1. The molecule has 0 aliphatic carbocycles. The summed E-state index contributed by atoms with van der Waals surface area (Å²) in [5, 5.41) is 7.71. The maximum atomic E-state index is 5.29. The molecule has 0 bridgehead atoms. The SMILES string of the molecule is COc1cc(NCc2cnn3ccccc23)ccc1Br. The summed E-state index contributed by atoms with van der Waals surface area (Å²) in [5.41, 5.74) is 3.29. The second-order valence-electron chi connectivity index (χ2n) is 4.40. The number of hydrogen-bond acceptors (Lipinski definition) is 3. The minimum absolute atomic E-state index is 0.721. The molecule has 2 aromatic heterocycles. The van der Waals surface area contributed by atoms with Crippen molar-refractivity contribution in [2.24, 2.45) is 0 Å². The standard InChI is InChI=1S/C15H14BrN3O/c1-20-15-8-12(5-6-13(15)16)17-9-11-10-18-19-7-3-2-4-14(11)19/h2-8,10,17H,9H2,1H3. The van der Waals surface area contributed by atoms with Gasteiger partial charge in [0.05, 0.1) is 23.3 Å². The van der Waals surface area contributed by atoms with Crippen LogP contribution in [-0.2, 0) is 6.54 Å². The highest BCUT2D eigenvalue weighted by Crippen LogP contribution is 2.28. The van der Waals surface area contributed by atoms with E-state index in [1.165, 1.54) is 0 Å². The Morgan fingerprint density at radius 2 is 2.20 bits per heavy atom. The van der Waals surface area contributed by atoms with Gasteiger partial charge in [-0.15, -0.1) is 0 Å². The Bertz CT molecular complexity index is 739. The van der Waals surface area contributed by atoms with Crippen molar-refractivity contribution in [3.05, 3.63) is 58.8 Å². The van der Waals surface area contributed by atoms with Crippen LogP contribution >= 0.6 is 15.9 Å². The lowest BCUT2D eigenvalue weighted by Crippen LogP contribution is -1.99. The fourth-order valence-corrected chi connectivity index (χ4v) is 2.50. The Morgan fingerprint density at radius 3 is 3.05 bits per heavy atom. The Balaban J connectivity index is 1.79. The molecule has 0 amide bonds. The Hall–Kier alpha value is -2.01. The molecule has 20 heavy (non-hydrogen) atoms. The zero-order valence-electron chi connectivity index (χ0n) is 11.0. The molecular weight excluding hydrogens is 318 g/mol. The topological polar surface area (TPSA) is 38.6 Å². The predicted octanol–water partition coefficient (Wildman–Crippen LogP) is 3.72. The highest BCUT2D eigenvalue weighted by Gasteiger charge is 2.04. The monoisotopic (exact) mass is 331 g/mol. The summed E-state index contributed by atoms with van der Waals surface area (Å²) in [4.78, 5) is 0. The maximum absolute atomic E-state index is 5.29. The van der Waals surface area contributed by atoms with Gasteiger partial charge in [-0.1, -0.05) is 6.07 Å². The predicted molar refractivity (Wildman–Crippen MR) is 83.2 cm³/mol. The van der Waals surface area contributed by atoms with Gasteiger partial charge in [-0.25, -0.2) is 4.52 Å². The number of anilines is 1. The zero-order chi connectivity index (χ0) is 13.9. The van der Waals surface area contributed by atoms with E-state index in [4.69, 9.17) is 4.74 Å². The van der Waals surface area contributed by atoms with Crippen molar-refractivity contribution in [3.8, 4) is 5.75 Å². The van der Waals surface area contributed by atoms with Gasteiger partial charge in [-0.2, -0.15) is 5.10 Å². The molecule has 1 N–H and O–H groups in total. The summed E-state index contributed by atoms with van der Waals surface area (Å²) < 4.78 is 8.11. The largest absolute Gasteiger partial charge is 0.495 e. The zero-order valence-corrected chi connectivity index (χ0v) is 12.6. The van der Waals surface area contributed by atoms with E-state index in [-0.39, 0.29) is 0 Å². The fraction of sp³-hybridized carbons (Fsp3) is 0.133. The summed E-state index contributed by atoms with van der Waals surface area (Å²) >= 11 is 3.45. The van der Waals surface area contributed by atoms with Crippen LogP contribution in [0.4, 0.5) is 5.69 Å². The van der Waals surface area contributed by atoms with E-state index in [1.54, 1.807) is 7.11 Å². The summed E-state index contributed by atoms with van der Waals surface area (Å²) in [6.07, 6.45) is 3.83. The molecule has 0 unspecified atom stereocenters. The average molecular weight is 332 g/mol. The van der Waals surface area contributed by atoms with Crippen LogP contribution in [0, 0.1) is 0 Å². The van der Waals surface area contributed by atoms with Crippen molar-refractivity contribution >= 4 is 27.1 Å². The number of halogens is 1. The quantitative estimate of drug-likeness (QED) is 0.791. The van der Waals surface area contributed by atoms with Crippen molar-refractivity contribution in [1.82, 2.24) is 9.61 Å².